The van der Waals surface area contributed by atoms with Crippen LogP contribution in [0.25, 0.3) is 5.69 Å². The summed E-state index contributed by atoms with van der Waals surface area (Å²) in [6.45, 7) is 1.96. The predicted molar refractivity (Wildman–Crippen MR) is 87.2 cm³/mol. The van der Waals surface area contributed by atoms with Crippen molar-refractivity contribution in [2.45, 2.75) is 6.92 Å². The summed E-state index contributed by atoms with van der Waals surface area (Å²) in [6.07, 6.45) is 0. The number of aryl methyl sites for hydroxylation is 1. The molecule has 3 aromatic rings. The number of nitrogens with one attached hydrogen (secondary N) is 1. The summed E-state index contributed by atoms with van der Waals surface area (Å²) in [5, 5.41) is 3.76. The molecule has 0 unspecified atom stereocenters. The number of hydrogen-bond donors (Lipinski definition) is 1. The van der Waals surface area contributed by atoms with Crippen LogP contribution in [0.1, 0.15) is 5.56 Å². The van der Waals surface area contributed by atoms with Gasteiger partial charge in [0.25, 0.3) is 0 Å². The number of nitrogens with zero attached hydrogens (tertiary/aromatic N) is 2. The minimum absolute atomic E-state index is 0.131. The van der Waals surface area contributed by atoms with E-state index in [4.69, 9.17) is 11.6 Å². The highest BCUT2D eigenvalue weighted by atomic mass is 35.5. The van der Waals surface area contributed by atoms with E-state index in [2.05, 4.69) is 9.69 Å². The molecule has 0 saturated heterocycles. The second-order valence-corrected chi connectivity index (χ2v) is 5.68. The molecule has 0 radical (unpaired) electrons. The fraction of sp³-hybridized carbons (Fsp3) is 0.0667. The van der Waals surface area contributed by atoms with Crippen molar-refractivity contribution in [1.29, 1.82) is 0 Å². The molecular weight excluding hydrogens is 306 g/mol. The van der Waals surface area contributed by atoms with E-state index in [1.165, 1.54) is 0 Å². The number of rotatable bonds is 3. The second kappa shape index (κ2) is 5.71. The van der Waals surface area contributed by atoms with Gasteiger partial charge in [0.2, 0.25) is 5.95 Å². The lowest BCUT2D eigenvalue weighted by molar-refractivity contribution is 1.01. The highest BCUT2D eigenvalue weighted by molar-refractivity contribution is 7.03. The average molecular weight is 318 g/mol. The van der Waals surface area contributed by atoms with Gasteiger partial charge in [-0.2, -0.15) is 4.37 Å². The fourth-order valence-corrected chi connectivity index (χ4v) is 2.80. The molecule has 6 heteroatoms. The molecule has 0 bridgehead atoms. The first kappa shape index (κ1) is 13.9. The summed E-state index contributed by atoms with van der Waals surface area (Å²) in [7, 11) is 0. The van der Waals surface area contributed by atoms with E-state index in [0.717, 1.165) is 28.5 Å². The molecule has 3 rings (SSSR count). The van der Waals surface area contributed by atoms with Gasteiger partial charge in [0.1, 0.15) is 0 Å². The average Bonchev–Trinajstić information content (AvgIpc) is 2.81. The molecule has 4 nitrogen and oxygen atoms in total. The maximum absolute atomic E-state index is 12.1. The van der Waals surface area contributed by atoms with E-state index in [0.29, 0.717) is 11.0 Å². The molecule has 1 aromatic heterocycles. The van der Waals surface area contributed by atoms with Crippen LogP contribution in [-0.2, 0) is 0 Å². The second-order valence-electron chi connectivity index (χ2n) is 4.53. The number of aromatic nitrogens is 2. The zero-order valence-electron chi connectivity index (χ0n) is 11.2. The van der Waals surface area contributed by atoms with Crippen LogP contribution in [-0.4, -0.2) is 8.94 Å². The van der Waals surface area contributed by atoms with Crippen molar-refractivity contribution in [2.75, 3.05) is 5.32 Å². The van der Waals surface area contributed by atoms with E-state index >= 15 is 0 Å². The van der Waals surface area contributed by atoms with E-state index in [1.807, 2.05) is 43.3 Å². The Morgan fingerprint density at radius 2 is 2.00 bits per heavy atom. The van der Waals surface area contributed by atoms with E-state index < -0.39 is 0 Å². The van der Waals surface area contributed by atoms with Crippen LogP contribution in [0, 0.1) is 6.92 Å². The number of benzene rings is 2. The van der Waals surface area contributed by atoms with Crippen molar-refractivity contribution in [2.24, 2.45) is 0 Å². The fourth-order valence-electron chi connectivity index (χ4n) is 2.05. The largest absolute Gasteiger partial charge is 0.332 e. The Labute approximate surface area is 130 Å². The molecule has 0 atom stereocenters. The Balaban J connectivity index is 2.06. The lowest BCUT2D eigenvalue weighted by Crippen LogP contribution is -2.14. The zero-order valence-corrected chi connectivity index (χ0v) is 12.8. The summed E-state index contributed by atoms with van der Waals surface area (Å²) >= 11 is 6.89. The molecule has 0 aliphatic carbocycles. The monoisotopic (exact) mass is 317 g/mol. The normalized spacial score (nSPS) is 10.6. The molecule has 0 fully saturated rings. The van der Waals surface area contributed by atoms with Crippen LogP contribution >= 0.6 is 23.1 Å². The molecule has 0 saturated carbocycles. The van der Waals surface area contributed by atoms with E-state index in [1.54, 1.807) is 16.7 Å². The van der Waals surface area contributed by atoms with E-state index in [-0.39, 0.29) is 4.87 Å². The van der Waals surface area contributed by atoms with Gasteiger partial charge in [-0.1, -0.05) is 35.9 Å². The third-order valence-corrected chi connectivity index (χ3v) is 3.88. The first-order valence-electron chi connectivity index (χ1n) is 6.32. The summed E-state index contributed by atoms with van der Waals surface area (Å²) < 4.78 is 5.77. The maximum Gasteiger partial charge on any atom is 0.332 e. The van der Waals surface area contributed by atoms with Crippen LogP contribution in [0.2, 0.25) is 5.02 Å². The lowest BCUT2D eigenvalue weighted by atomic mass is 10.2. The standard InChI is InChI=1S/C15H12ClN3OS/c1-10-5-2-3-8-13(10)19-14(18-21-15(19)20)17-12-7-4-6-11(16)9-12/h2-9H,1H3,(H,17,18). The molecule has 0 aliphatic rings. The first-order chi connectivity index (χ1) is 10.1. The minimum atomic E-state index is -0.131. The van der Waals surface area contributed by atoms with Crippen LogP contribution in [0.15, 0.2) is 53.3 Å². The molecule has 2 aromatic carbocycles. The van der Waals surface area contributed by atoms with Crippen LogP contribution < -0.4 is 10.2 Å². The Morgan fingerprint density at radius 1 is 1.19 bits per heavy atom. The molecular formula is C15H12ClN3OS. The van der Waals surface area contributed by atoms with Gasteiger partial charge in [0.05, 0.1) is 5.69 Å². The zero-order chi connectivity index (χ0) is 14.8. The third-order valence-electron chi connectivity index (χ3n) is 3.04. The number of para-hydroxylation sites is 1. The van der Waals surface area contributed by atoms with Gasteiger partial charge in [0.15, 0.2) is 0 Å². The van der Waals surface area contributed by atoms with Gasteiger partial charge in [-0.15, -0.1) is 0 Å². The molecule has 0 spiro atoms. The van der Waals surface area contributed by atoms with Gasteiger partial charge >= 0.3 is 4.87 Å². The summed E-state index contributed by atoms with van der Waals surface area (Å²) in [5.41, 5.74) is 2.62. The van der Waals surface area contributed by atoms with Gasteiger partial charge in [0, 0.05) is 22.2 Å². The number of hydrogen-bond acceptors (Lipinski definition) is 4. The molecule has 106 valence electrons. The minimum Gasteiger partial charge on any atom is -0.324 e. The summed E-state index contributed by atoms with van der Waals surface area (Å²) in [4.78, 5) is 12.0. The van der Waals surface area contributed by atoms with Crippen LogP contribution in [0.5, 0.6) is 0 Å². The topological polar surface area (TPSA) is 46.9 Å². The highest BCUT2D eigenvalue weighted by Crippen LogP contribution is 2.22. The van der Waals surface area contributed by atoms with Gasteiger partial charge in [-0.25, -0.2) is 4.57 Å². The maximum atomic E-state index is 12.1. The Hall–Kier alpha value is -2.11. The van der Waals surface area contributed by atoms with Gasteiger partial charge < -0.3 is 5.32 Å². The highest BCUT2D eigenvalue weighted by Gasteiger charge is 2.12. The van der Waals surface area contributed by atoms with Crippen molar-refractivity contribution >= 4 is 34.8 Å². The number of anilines is 2. The number of halogens is 1. The molecule has 0 amide bonds. The summed E-state index contributed by atoms with van der Waals surface area (Å²) in [6, 6.07) is 15.0. The van der Waals surface area contributed by atoms with Crippen molar-refractivity contribution in [1.82, 2.24) is 8.94 Å². The predicted octanol–water partition coefficient (Wildman–Crippen LogP) is 4.00. The summed E-state index contributed by atoms with van der Waals surface area (Å²) in [5.74, 6) is 0.488. The van der Waals surface area contributed by atoms with Gasteiger partial charge in [-0.3, -0.25) is 4.79 Å². The van der Waals surface area contributed by atoms with Crippen LogP contribution in [0.3, 0.4) is 0 Å². The quantitative estimate of drug-likeness (QED) is 0.794. The third kappa shape index (κ3) is 2.84. The van der Waals surface area contributed by atoms with Crippen molar-refractivity contribution in [3.63, 3.8) is 0 Å². The van der Waals surface area contributed by atoms with Crippen molar-refractivity contribution in [3.05, 3.63) is 68.8 Å². The Bertz CT molecular complexity index is 841. The molecule has 1 heterocycles. The van der Waals surface area contributed by atoms with Crippen molar-refractivity contribution < 1.29 is 0 Å². The Morgan fingerprint density at radius 3 is 2.76 bits per heavy atom. The van der Waals surface area contributed by atoms with Gasteiger partial charge in [-0.05, 0) is 36.8 Å². The SMILES string of the molecule is Cc1ccccc1-n1c(Nc2cccc(Cl)c2)nsc1=O. The smallest absolute Gasteiger partial charge is 0.324 e. The molecule has 0 aliphatic heterocycles. The van der Waals surface area contributed by atoms with E-state index in [9.17, 15) is 4.79 Å². The lowest BCUT2D eigenvalue weighted by Gasteiger charge is -2.10. The van der Waals surface area contributed by atoms with Crippen molar-refractivity contribution in [3.8, 4) is 5.69 Å². The molecule has 1 N–H and O–H groups in total. The molecule has 21 heavy (non-hydrogen) atoms. The first-order valence-corrected chi connectivity index (χ1v) is 7.47. The van der Waals surface area contributed by atoms with Crippen LogP contribution in [0.4, 0.5) is 11.6 Å². The Kier molecular flexibility index (Phi) is 3.77.